The van der Waals surface area contributed by atoms with E-state index in [2.05, 4.69) is 30.2 Å². The van der Waals surface area contributed by atoms with E-state index in [1.54, 1.807) is 0 Å². The van der Waals surface area contributed by atoms with Crippen molar-refractivity contribution in [3.63, 3.8) is 0 Å². The predicted octanol–water partition coefficient (Wildman–Crippen LogP) is 2.26. The van der Waals surface area contributed by atoms with Crippen molar-refractivity contribution >= 4 is 6.16 Å². The Morgan fingerprint density at radius 3 is 2.42 bits per heavy atom. The molecule has 0 aromatic carbocycles. The second kappa shape index (κ2) is 4.63. The SMILES string of the molecule is CC(C)[C@H]1CC[C@H](C)C[C@@H]1C(C)(O)C1(O)OC(=O)O1. The van der Waals surface area contributed by atoms with E-state index in [1.165, 1.54) is 6.92 Å². The van der Waals surface area contributed by atoms with Crippen LogP contribution in [0.4, 0.5) is 4.79 Å². The zero-order valence-corrected chi connectivity index (χ0v) is 12.0. The van der Waals surface area contributed by atoms with Gasteiger partial charge in [-0.25, -0.2) is 4.79 Å². The van der Waals surface area contributed by atoms with Crippen LogP contribution in [0.5, 0.6) is 0 Å². The van der Waals surface area contributed by atoms with Crippen LogP contribution in [0.15, 0.2) is 0 Å². The summed E-state index contributed by atoms with van der Waals surface area (Å²) in [5, 5.41) is 20.9. The first-order valence-electron chi connectivity index (χ1n) is 7.04. The van der Waals surface area contributed by atoms with E-state index in [0.717, 1.165) is 19.3 Å². The molecular formula is C14H24O5. The monoisotopic (exact) mass is 272 g/mol. The molecule has 1 aliphatic carbocycles. The molecule has 0 aromatic rings. The number of hydrogen-bond donors (Lipinski definition) is 2. The summed E-state index contributed by atoms with van der Waals surface area (Å²) >= 11 is 0. The van der Waals surface area contributed by atoms with Crippen molar-refractivity contribution in [2.24, 2.45) is 23.7 Å². The first-order chi connectivity index (χ1) is 8.67. The van der Waals surface area contributed by atoms with Gasteiger partial charge in [-0.2, -0.15) is 0 Å². The highest BCUT2D eigenvalue weighted by Crippen LogP contribution is 2.49. The van der Waals surface area contributed by atoms with Crippen LogP contribution in [0.1, 0.15) is 47.0 Å². The Morgan fingerprint density at radius 2 is 1.95 bits per heavy atom. The second-order valence-electron chi connectivity index (χ2n) is 6.62. The van der Waals surface area contributed by atoms with Gasteiger partial charge in [-0.05, 0) is 37.5 Å². The number of cyclic esters (lactones) is 2. The fourth-order valence-corrected chi connectivity index (χ4v) is 3.52. The molecule has 2 aliphatic rings. The van der Waals surface area contributed by atoms with Crippen LogP contribution in [-0.2, 0) is 9.47 Å². The van der Waals surface area contributed by atoms with Crippen molar-refractivity contribution < 1.29 is 24.5 Å². The minimum atomic E-state index is -2.20. The molecule has 1 saturated heterocycles. The molecule has 0 bridgehead atoms. The Morgan fingerprint density at radius 1 is 1.37 bits per heavy atom. The van der Waals surface area contributed by atoms with Crippen molar-refractivity contribution in [2.45, 2.75) is 58.5 Å². The van der Waals surface area contributed by atoms with Gasteiger partial charge in [0.25, 0.3) is 0 Å². The molecule has 1 saturated carbocycles. The van der Waals surface area contributed by atoms with Gasteiger partial charge in [0, 0.05) is 5.92 Å². The fourth-order valence-electron chi connectivity index (χ4n) is 3.52. The lowest BCUT2D eigenvalue weighted by molar-refractivity contribution is -0.455. The lowest BCUT2D eigenvalue weighted by Gasteiger charge is -2.51. The smallest absolute Gasteiger partial charge is 0.379 e. The molecule has 110 valence electrons. The maximum absolute atomic E-state index is 10.8. The Hall–Kier alpha value is -0.810. The third kappa shape index (κ3) is 2.34. The molecule has 2 N–H and O–H groups in total. The van der Waals surface area contributed by atoms with Gasteiger partial charge in [-0.3, -0.25) is 0 Å². The highest BCUT2D eigenvalue weighted by molar-refractivity contribution is 5.65. The van der Waals surface area contributed by atoms with Crippen molar-refractivity contribution in [3.8, 4) is 0 Å². The average Bonchev–Trinajstić information content (AvgIpc) is 2.26. The zero-order chi connectivity index (χ0) is 14.4. The first kappa shape index (κ1) is 14.6. The Balaban J connectivity index is 2.22. The van der Waals surface area contributed by atoms with Gasteiger partial charge in [0.2, 0.25) is 0 Å². The highest BCUT2D eigenvalue weighted by Gasteiger charge is 2.65. The topological polar surface area (TPSA) is 76.0 Å². The number of rotatable bonds is 3. The number of carbonyl (C=O) groups excluding carboxylic acids is 1. The minimum absolute atomic E-state index is 0.158. The zero-order valence-electron chi connectivity index (χ0n) is 12.0. The van der Waals surface area contributed by atoms with Crippen LogP contribution in [0, 0.1) is 23.7 Å². The Kier molecular flexibility index (Phi) is 3.56. The molecule has 5 nitrogen and oxygen atoms in total. The van der Waals surface area contributed by atoms with Gasteiger partial charge in [0.1, 0.15) is 0 Å². The standard InChI is InChI=1S/C14H24O5/c1-8(2)10-6-5-9(3)7-11(10)13(4,16)14(17)18-12(15)19-14/h8-11,16-17H,5-7H2,1-4H3/t9-,10+,11-,13?/m0/s1. The third-order valence-electron chi connectivity index (χ3n) is 4.83. The van der Waals surface area contributed by atoms with Crippen LogP contribution in [0.25, 0.3) is 0 Å². The summed E-state index contributed by atoms with van der Waals surface area (Å²) in [6.45, 7) is 7.86. The van der Waals surface area contributed by atoms with E-state index in [9.17, 15) is 15.0 Å². The molecule has 19 heavy (non-hydrogen) atoms. The van der Waals surface area contributed by atoms with E-state index < -0.39 is 17.7 Å². The van der Waals surface area contributed by atoms with Crippen LogP contribution in [-0.4, -0.2) is 27.9 Å². The van der Waals surface area contributed by atoms with Gasteiger partial charge < -0.3 is 19.7 Å². The van der Waals surface area contributed by atoms with Crippen LogP contribution in [0.3, 0.4) is 0 Å². The molecule has 2 fully saturated rings. The molecule has 0 aromatic heterocycles. The Bertz CT molecular complexity index is 355. The fraction of sp³-hybridized carbons (Fsp3) is 0.929. The van der Waals surface area contributed by atoms with Crippen LogP contribution in [0.2, 0.25) is 0 Å². The second-order valence-corrected chi connectivity index (χ2v) is 6.62. The van der Waals surface area contributed by atoms with E-state index in [4.69, 9.17) is 0 Å². The summed E-state index contributed by atoms with van der Waals surface area (Å²) in [5.74, 6) is -1.21. The van der Waals surface area contributed by atoms with Crippen molar-refractivity contribution in [3.05, 3.63) is 0 Å². The van der Waals surface area contributed by atoms with Gasteiger partial charge in [0.05, 0.1) is 0 Å². The summed E-state index contributed by atoms with van der Waals surface area (Å²) in [5.41, 5.74) is -1.59. The largest absolute Gasteiger partial charge is 0.518 e. The van der Waals surface area contributed by atoms with Crippen molar-refractivity contribution in [1.29, 1.82) is 0 Å². The van der Waals surface area contributed by atoms with Crippen molar-refractivity contribution in [1.82, 2.24) is 0 Å². The summed E-state index contributed by atoms with van der Waals surface area (Å²) in [4.78, 5) is 10.8. The first-order valence-corrected chi connectivity index (χ1v) is 7.04. The molecule has 0 radical (unpaired) electrons. The van der Waals surface area contributed by atoms with E-state index in [1.807, 2.05) is 0 Å². The average molecular weight is 272 g/mol. The highest BCUT2D eigenvalue weighted by atomic mass is 17.0. The molecule has 2 rings (SSSR count). The predicted molar refractivity (Wildman–Crippen MR) is 68.0 cm³/mol. The molecule has 4 atom stereocenters. The molecular weight excluding hydrogens is 248 g/mol. The van der Waals surface area contributed by atoms with Gasteiger partial charge in [-0.15, -0.1) is 0 Å². The quantitative estimate of drug-likeness (QED) is 0.771. The summed E-state index contributed by atoms with van der Waals surface area (Å²) in [7, 11) is 0. The van der Waals surface area contributed by atoms with E-state index in [-0.39, 0.29) is 11.8 Å². The van der Waals surface area contributed by atoms with E-state index in [0.29, 0.717) is 11.8 Å². The number of aliphatic hydroxyl groups is 2. The van der Waals surface area contributed by atoms with E-state index >= 15 is 0 Å². The summed E-state index contributed by atoms with van der Waals surface area (Å²) in [6, 6.07) is 0. The maximum Gasteiger partial charge on any atom is 0.518 e. The summed E-state index contributed by atoms with van der Waals surface area (Å²) < 4.78 is 9.30. The number of hydrogen-bond acceptors (Lipinski definition) is 5. The maximum atomic E-state index is 10.8. The molecule has 1 unspecified atom stereocenters. The number of ether oxygens (including phenoxy) is 2. The molecule has 1 heterocycles. The lowest BCUT2D eigenvalue weighted by atomic mass is 9.63. The molecule has 0 amide bonds. The number of carbonyl (C=O) groups is 1. The summed E-state index contributed by atoms with van der Waals surface area (Å²) in [6.07, 6.45) is 1.98. The normalized spacial score (nSPS) is 37.0. The lowest BCUT2D eigenvalue weighted by Crippen LogP contribution is -2.68. The van der Waals surface area contributed by atoms with Gasteiger partial charge >= 0.3 is 12.1 Å². The van der Waals surface area contributed by atoms with Gasteiger partial charge in [0.15, 0.2) is 5.60 Å². The molecule has 0 spiro atoms. The molecule has 5 heteroatoms. The minimum Gasteiger partial charge on any atom is -0.379 e. The third-order valence-corrected chi connectivity index (χ3v) is 4.83. The van der Waals surface area contributed by atoms with Crippen LogP contribution >= 0.6 is 0 Å². The Labute approximate surface area is 113 Å². The van der Waals surface area contributed by atoms with Crippen molar-refractivity contribution in [2.75, 3.05) is 0 Å². The van der Waals surface area contributed by atoms with Gasteiger partial charge in [-0.1, -0.05) is 27.2 Å². The van der Waals surface area contributed by atoms with Crippen LogP contribution < -0.4 is 0 Å². The molecule has 1 aliphatic heterocycles.